The SMILES string of the molecule is CC(c1cccc(Cl)c1)N(C)C1CCCCC1CN. The van der Waals surface area contributed by atoms with Crippen LogP contribution in [-0.4, -0.2) is 24.5 Å². The van der Waals surface area contributed by atoms with Crippen molar-refractivity contribution in [2.24, 2.45) is 11.7 Å². The summed E-state index contributed by atoms with van der Waals surface area (Å²) in [6, 6.07) is 9.18. The van der Waals surface area contributed by atoms with Crippen LogP contribution in [0, 0.1) is 5.92 Å². The molecule has 0 heterocycles. The number of nitrogens with zero attached hydrogens (tertiary/aromatic N) is 1. The Morgan fingerprint density at radius 1 is 1.37 bits per heavy atom. The molecule has 1 aromatic carbocycles. The maximum atomic E-state index is 6.10. The van der Waals surface area contributed by atoms with Crippen molar-refractivity contribution in [3.05, 3.63) is 34.9 Å². The highest BCUT2D eigenvalue weighted by atomic mass is 35.5. The summed E-state index contributed by atoms with van der Waals surface area (Å²) < 4.78 is 0. The van der Waals surface area contributed by atoms with Crippen LogP contribution in [-0.2, 0) is 0 Å². The largest absolute Gasteiger partial charge is 0.330 e. The third kappa shape index (κ3) is 3.50. The van der Waals surface area contributed by atoms with E-state index in [0.29, 0.717) is 18.0 Å². The van der Waals surface area contributed by atoms with Gasteiger partial charge in [0.1, 0.15) is 0 Å². The van der Waals surface area contributed by atoms with Gasteiger partial charge >= 0.3 is 0 Å². The van der Waals surface area contributed by atoms with Gasteiger partial charge < -0.3 is 5.73 Å². The van der Waals surface area contributed by atoms with Crippen LogP contribution in [0.2, 0.25) is 5.02 Å². The van der Waals surface area contributed by atoms with Crippen LogP contribution in [0.3, 0.4) is 0 Å². The summed E-state index contributed by atoms with van der Waals surface area (Å²) in [6.45, 7) is 3.06. The third-order valence-corrected chi connectivity index (χ3v) is 4.87. The van der Waals surface area contributed by atoms with Crippen molar-refractivity contribution in [3.63, 3.8) is 0 Å². The van der Waals surface area contributed by atoms with E-state index in [1.165, 1.54) is 31.2 Å². The molecule has 0 bridgehead atoms. The summed E-state index contributed by atoms with van der Waals surface area (Å²) in [5, 5.41) is 0.816. The minimum Gasteiger partial charge on any atom is -0.330 e. The minimum absolute atomic E-state index is 0.385. The summed E-state index contributed by atoms with van der Waals surface area (Å²) in [5.41, 5.74) is 7.23. The van der Waals surface area contributed by atoms with Crippen LogP contribution in [0.1, 0.15) is 44.2 Å². The second kappa shape index (κ2) is 6.74. The summed E-state index contributed by atoms with van der Waals surface area (Å²) in [4.78, 5) is 2.49. The normalized spacial score (nSPS) is 25.5. The Morgan fingerprint density at radius 3 is 2.79 bits per heavy atom. The molecule has 0 radical (unpaired) electrons. The molecule has 0 spiro atoms. The fourth-order valence-corrected chi connectivity index (χ4v) is 3.49. The van der Waals surface area contributed by atoms with E-state index in [1.54, 1.807) is 0 Å². The van der Waals surface area contributed by atoms with E-state index < -0.39 is 0 Å². The molecule has 1 aliphatic rings. The highest BCUT2D eigenvalue weighted by Gasteiger charge is 2.29. The molecule has 3 heteroatoms. The van der Waals surface area contributed by atoms with Crippen molar-refractivity contribution < 1.29 is 0 Å². The molecule has 1 saturated carbocycles. The van der Waals surface area contributed by atoms with Gasteiger partial charge in [0.25, 0.3) is 0 Å². The van der Waals surface area contributed by atoms with Gasteiger partial charge in [0.2, 0.25) is 0 Å². The van der Waals surface area contributed by atoms with E-state index in [0.717, 1.165) is 11.6 Å². The number of hydrogen-bond acceptors (Lipinski definition) is 2. The highest BCUT2D eigenvalue weighted by molar-refractivity contribution is 6.30. The summed E-state index contributed by atoms with van der Waals surface area (Å²) in [5.74, 6) is 0.639. The molecule has 0 aliphatic heterocycles. The van der Waals surface area contributed by atoms with E-state index in [9.17, 15) is 0 Å². The number of nitrogens with two attached hydrogens (primary N) is 1. The fourth-order valence-electron chi connectivity index (χ4n) is 3.29. The van der Waals surface area contributed by atoms with Crippen LogP contribution in [0.15, 0.2) is 24.3 Å². The minimum atomic E-state index is 0.385. The average molecular weight is 281 g/mol. The van der Waals surface area contributed by atoms with Gasteiger partial charge in [0.15, 0.2) is 0 Å². The lowest BCUT2D eigenvalue weighted by atomic mass is 9.83. The number of hydrogen-bond donors (Lipinski definition) is 1. The van der Waals surface area contributed by atoms with Crippen LogP contribution in [0.25, 0.3) is 0 Å². The van der Waals surface area contributed by atoms with Crippen molar-refractivity contribution in [1.29, 1.82) is 0 Å². The highest BCUT2D eigenvalue weighted by Crippen LogP contribution is 2.32. The molecule has 2 nitrogen and oxygen atoms in total. The van der Waals surface area contributed by atoms with Gasteiger partial charge in [0.05, 0.1) is 0 Å². The van der Waals surface area contributed by atoms with Gasteiger partial charge in [-0.25, -0.2) is 0 Å². The molecular weight excluding hydrogens is 256 g/mol. The lowest BCUT2D eigenvalue weighted by molar-refractivity contribution is 0.0989. The van der Waals surface area contributed by atoms with Crippen molar-refractivity contribution in [3.8, 4) is 0 Å². The zero-order valence-corrected chi connectivity index (χ0v) is 12.7. The molecule has 0 aromatic heterocycles. The quantitative estimate of drug-likeness (QED) is 0.908. The van der Waals surface area contributed by atoms with Gasteiger partial charge in [-0.05, 0) is 57.0 Å². The van der Waals surface area contributed by atoms with Crippen molar-refractivity contribution >= 4 is 11.6 Å². The summed E-state index contributed by atoms with van der Waals surface area (Å²) in [7, 11) is 2.23. The van der Waals surface area contributed by atoms with E-state index in [4.69, 9.17) is 17.3 Å². The molecule has 0 amide bonds. The zero-order chi connectivity index (χ0) is 13.8. The topological polar surface area (TPSA) is 29.3 Å². The lowest BCUT2D eigenvalue weighted by Crippen LogP contribution is -2.44. The molecule has 2 N–H and O–H groups in total. The first kappa shape index (κ1) is 14.8. The van der Waals surface area contributed by atoms with E-state index in [2.05, 4.69) is 31.0 Å². The first-order valence-electron chi connectivity index (χ1n) is 7.31. The number of rotatable bonds is 4. The molecule has 19 heavy (non-hydrogen) atoms. The first-order chi connectivity index (χ1) is 9.13. The van der Waals surface area contributed by atoms with Gasteiger partial charge in [-0.3, -0.25) is 4.90 Å². The standard InChI is InChI=1S/C16H25ClN2/c1-12(13-7-5-8-15(17)10-13)19(2)16-9-4-3-6-14(16)11-18/h5,7-8,10,12,14,16H,3-4,6,9,11,18H2,1-2H3. The second-order valence-electron chi connectivity index (χ2n) is 5.74. The fraction of sp³-hybridized carbons (Fsp3) is 0.625. The second-order valence-corrected chi connectivity index (χ2v) is 6.18. The lowest BCUT2D eigenvalue weighted by Gasteiger charge is -2.40. The van der Waals surface area contributed by atoms with Crippen molar-refractivity contribution in [2.75, 3.05) is 13.6 Å². The monoisotopic (exact) mass is 280 g/mol. The van der Waals surface area contributed by atoms with Crippen molar-refractivity contribution in [2.45, 2.75) is 44.7 Å². The van der Waals surface area contributed by atoms with E-state index >= 15 is 0 Å². The van der Waals surface area contributed by atoms with Gasteiger partial charge in [-0.2, -0.15) is 0 Å². The van der Waals surface area contributed by atoms with Crippen LogP contribution in [0.4, 0.5) is 0 Å². The van der Waals surface area contributed by atoms with Gasteiger partial charge in [-0.1, -0.05) is 36.6 Å². The van der Waals surface area contributed by atoms with E-state index in [-0.39, 0.29) is 0 Å². The Bertz CT molecular complexity index is 407. The predicted octanol–water partition coefficient (Wildman–Crippen LogP) is 3.85. The Balaban J connectivity index is 2.11. The number of halogens is 1. The molecule has 2 rings (SSSR count). The maximum Gasteiger partial charge on any atom is 0.0409 e. The number of benzene rings is 1. The molecule has 1 aliphatic carbocycles. The molecule has 0 saturated heterocycles. The van der Waals surface area contributed by atoms with Gasteiger partial charge in [0, 0.05) is 17.1 Å². The van der Waals surface area contributed by atoms with Crippen LogP contribution >= 0.6 is 11.6 Å². The van der Waals surface area contributed by atoms with Crippen molar-refractivity contribution in [1.82, 2.24) is 4.90 Å². The smallest absolute Gasteiger partial charge is 0.0409 e. The Morgan fingerprint density at radius 2 is 2.11 bits per heavy atom. The molecule has 3 unspecified atom stereocenters. The zero-order valence-electron chi connectivity index (χ0n) is 12.0. The molecular formula is C16H25ClN2. The molecule has 106 valence electrons. The maximum absolute atomic E-state index is 6.10. The Kier molecular flexibility index (Phi) is 5.26. The molecule has 1 aromatic rings. The Labute approximate surface area is 121 Å². The average Bonchev–Trinajstić information content (AvgIpc) is 2.45. The van der Waals surface area contributed by atoms with Gasteiger partial charge in [-0.15, -0.1) is 0 Å². The van der Waals surface area contributed by atoms with E-state index in [1.807, 2.05) is 12.1 Å². The third-order valence-electron chi connectivity index (χ3n) is 4.64. The van der Waals surface area contributed by atoms with Crippen LogP contribution < -0.4 is 5.73 Å². The first-order valence-corrected chi connectivity index (χ1v) is 7.68. The molecule has 1 fully saturated rings. The summed E-state index contributed by atoms with van der Waals surface area (Å²) >= 11 is 6.10. The van der Waals surface area contributed by atoms with Crippen LogP contribution in [0.5, 0.6) is 0 Å². The predicted molar refractivity (Wildman–Crippen MR) is 82.4 cm³/mol. The summed E-state index contributed by atoms with van der Waals surface area (Å²) in [6.07, 6.45) is 5.20. The molecule has 3 atom stereocenters. The Hall–Kier alpha value is -0.570.